The molecule has 2 rings (SSSR count). The Hall–Kier alpha value is -1.38. The van der Waals surface area contributed by atoms with Gasteiger partial charge < -0.3 is 4.57 Å². The Morgan fingerprint density at radius 3 is 2.71 bits per heavy atom. The average molecular weight is 233 g/mol. The van der Waals surface area contributed by atoms with Crippen molar-refractivity contribution in [3.8, 4) is 0 Å². The van der Waals surface area contributed by atoms with E-state index in [9.17, 15) is 9.59 Å². The summed E-state index contributed by atoms with van der Waals surface area (Å²) < 4.78 is 1.82. The number of aldehydes is 1. The normalized spacial score (nSPS) is 14.8. The zero-order chi connectivity index (χ0) is 12.4. The van der Waals surface area contributed by atoms with E-state index in [1.807, 2.05) is 4.57 Å². The molecule has 1 aromatic heterocycles. The molecule has 0 amide bonds. The minimum Gasteiger partial charge on any atom is -0.312 e. The van der Waals surface area contributed by atoms with Crippen molar-refractivity contribution in [2.45, 2.75) is 46.1 Å². The average Bonchev–Trinajstić information content (AvgIpc) is 2.32. The number of aromatic nitrogens is 1. The van der Waals surface area contributed by atoms with Crippen molar-refractivity contribution in [1.82, 2.24) is 4.57 Å². The number of fused-ring (bicyclic) bond motifs is 1. The van der Waals surface area contributed by atoms with Crippen LogP contribution in [0.1, 0.15) is 48.3 Å². The summed E-state index contributed by atoms with van der Waals surface area (Å²) in [5.41, 5.74) is 2.54. The lowest BCUT2D eigenvalue weighted by Gasteiger charge is -2.22. The Labute approximate surface area is 101 Å². The van der Waals surface area contributed by atoms with E-state index in [0.29, 0.717) is 24.3 Å². The molecule has 0 aliphatic heterocycles. The molecule has 3 heteroatoms. The molecule has 0 saturated carbocycles. The summed E-state index contributed by atoms with van der Waals surface area (Å²) in [6.45, 7) is 4.90. The molecule has 0 spiro atoms. The highest BCUT2D eigenvalue weighted by molar-refractivity contribution is 5.74. The summed E-state index contributed by atoms with van der Waals surface area (Å²) in [5.74, 6) is 0.417. The summed E-state index contributed by atoms with van der Waals surface area (Å²) in [7, 11) is 0. The molecule has 1 aliphatic rings. The molecule has 0 radical (unpaired) electrons. The third kappa shape index (κ3) is 2.33. The number of carbonyl (C=O) groups is 1. The predicted octanol–water partition coefficient (Wildman–Crippen LogP) is 2.20. The molecule has 0 aromatic carbocycles. The van der Waals surface area contributed by atoms with Crippen LogP contribution in [0.3, 0.4) is 0 Å². The molecular formula is C14H19NO2. The molecule has 3 nitrogen and oxygen atoms in total. The Kier molecular flexibility index (Phi) is 3.46. The second-order valence-electron chi connectivity index (χ2n) is 5.21. The molecule has 0 fully saturated rings. The van der Waals surface area contributed by atoms with Gasteiger partial charge in [-0.2, -0.15) is 0 Å². The monoisotopic (exact) mass is 233 g/mol. The molecular weight excluding hydrogens is 214 g/mol. The Bertz CT molecular complexity index is 486. The first-order valence-electron chi connectivity index (χ1n) is 6.34. The van der Waals surface area contributed by atoms with Crippen molar-refractivity contribution in [2.24, 2.45) is 5.92 Å². The molecule has 0 unspecified atom stereocenters. The van der Waals surface area contributed by atoms with Gasteiger partial charge in [0.25, 0.3) is 5.56 Å². The number of hydrogen-bond acceptors (Lipinski definition) is 2. The molecule has 0 atom stereocenters. The number of carbonyl (C=O) groups excluding carboxylic acids is 1. The summed E-state index contributed by atoms with van der Waals surface area (Å²) >= 11 is 0. The maximum Gasteiger partial charge on any atom is 0.261 e. The molecule has 0 saturated heterocycles. The number of hydrogen-bond donors (Lipinski definition) is 0. The zero-order valence-electron chi connectivity index (χ0n) is 10.5. The fourth-order valence-corrected chi connectivity index (χ4v) is 2.55. The second-order valence-corrected chi connectivity index (χ2v) is 5.21. The van der Waals surface area contributed by atoms with Crippen molar-refractivity contribution < 1.29 is 4.79 Å². The molecule has 1 heterocycles. The van der Waals surface area contributed by atoms with Crippen LogP contribution >= 0.6 is 0 Å². The van der Waals surface area contributed by atoms with Gasteiger partial charge in [-0.1, -0.05) is 13.8 Å². The maximum absolute atomic E-state index is 12.1. The van der Waals surface area contributed by atoms with Gasteiger partial charge in [-0.3, -0.25) is 9.59 Å². The lowest BCUT2D eigenvalue weighted by atomic mass is 9.94. The van der Waals surface area contributed by atoms with E-state index >= 15 is 0 Å². The van der Waals surface area contributed by atoms with Crippen LogP contribution in [0.25, 0.3) is 0 Å². The Morgan fingerprint density at radius 1 is 1.35 bits per heavy atom. The van der Waals surface area contributed by atoms with E-state index in [-0.39, 0.29) is 5.56 Å². The Morgan fingerprint density at radius 2 is 2.06 bits per heavy atom. The summed E-state index contributed by atoms with van der Waals surface area (Å²) in [6, 6.07) is 1.79. The molecule has 17 heavy (non-hydrogen) atoms. The summed E-state index contributed by atoms with van der Waals surface area (Å²) in [5, 5.41) is 0. The minimum atomic E-state index is -0.116. The third-order valence-electron chi connectivity index (χ3n) is 3.30. The van der Waals surface area contributed by atoms with Gasteiger partial charge in [-0.05, 0) is 43.2 Å². The highest BCUT2D eigenvalue weighted by atomic mass is 16.1. The SMILES string of the molecule is CC(C)Cn1c2c(cc(C=O)c1=O)CCCC2. The van der Waals surface area contributed by atoms with Gasteiger partial charge in [0, 0.05) is 12.2 Å². The number of nitrogens with zero attached hydrogens (tertiary/aromatic N) is 1. The van der Waals surface area contributed by atoms with Gasteiger partial charge in [-0.15, -0.1) is 0 Å². The zero-order valence-corrected chi connectivity index (χ0v) is 10.5. The van der Waals surface area contributed by atoms with Crippen LogP contribution in [-0.4, -0.2) is 10.9 Å². The number of rotatable bonds is 3. The minimum absolute atomic E-state index is 0.116. The number of pyridine rings is 1. The predicted molar refractivity (Wildman–Crippen MR) is 67.6 cm³/mol. The maximum atomic E-state index is 12.1. The van der Waals surface area contributed by atoms with Crippen LogP contribution in [0, 0.1) is 5.92 Å². The molecule has 92 valence electrons. The van der Waals surface area contributed by atoms with Crippen LogP contribution in [0.2, 0.25) is 0 Å². The topological polar surface area (TPSA) is 39.1 Å². The fraction of sp³-hybridized carbons (Fsp3) is 0.571. The van der Waals surface area contributed by atoms with Gasteiger partial charge in [0.05, 0.1) is 5.56 Å². The fourth-order valence-electron chi connectivity index (χ4n) is 2.55. The standard InChI is InChI=1S/C14H19NO2/c1-10(2)8-15-13-6-4-3-5-11(13)7-12(9-16)14(15)17/h7,9-10H,3-6,8H2,1-2H3. The lowest BCUT2D eigenvalue weighted by Crippen LogP contribution is -2.31. The van der Waals surface area contributed by atoms with Crippen molar-refractivity contribution in [3.05, 3.63) is 33.2 Å². The molecule has 1 aromatic rings. The van der Waals surface area contributed by atoms with E-state index in [2.05, 4.69) is 13.8 Å². The van der Waals surface area contributed by atoms with Crippen LogP contribution < -0.4 is 5.56 Å². The van der Waals surface area contributed by atoms with Crippen molar-refractivity contribution in [2.75, 3.05) is 0 Å². The van der Waals surface area contributed by atoms with Crippen molar-refractivity contribution in [3.63, 3.8) is 0 Å². The van der Waals surface area contributed by atoms with Crippen molar-refractivity contribution >= 4 is 6.29 Å². The van der Waals surface area contributed by atoms with Crippen molar-refractivity contribution in [1.29, 1.82) is 0 Å². The molecule has 0 N–H and O–H groups in total. The van der Waals surface area contributed by atoms with Gasteiger partial charge in [-0.25, -0.2) is 0 Å². The second kappa shape index (κ2) is 4.86. The largest absolute Gasteiger partial charge is 0.312 e. The van der Waals surface area contributed by atoms with Gasteiger partial charge in [0.2, 0.25) is 0 Å². The van der Waals surface area contributed by atoms with E-state index in [1.54, 1.807) is 6.07 Å². The van der Waals surface area contributed by atoms with Crippen LogP contribution in [0.5, 0.6) is 0 Å². The van der Waals surface area contributed by atoms with Gasteiger partial charge in [0.1, 0.15) is 0 Å². The highest BCUT2D eigenvalue weighted by Gasteiger charge is 2.17. The first-order valence-corrected chi connectivity index (χ1v) is 6.34. The van der Waals surface area contributed by atoms with Crippen LogP contribution in [0.15, 0.2) is 10.9 Å². The summed E-state index contributed by atoms with van der Waals surface area (Å²) in [4.78, 5) is 23.1. The third-order valence-corrected chi connectivity index (χ3v) is 3.30. The van der Waals surface area contributed by atoms with E-state index < -0.39 is 0 Å². The van der Waals surface area contributed by atoms with Crippen LogP contribution in [-0.2, 0) is 19.4 Å². The first-order chi connectivity index (χ1) is 8.13. The quantitative estimate of drug-likeness (QED) is 0.751. The first kappa shape index (κ1) is 12.1. The van der Waals surface area contributed by atoms with E-state index in [1.165, 1.54) is 5.56 Å². The van der Waals surface area contributed by atoms with Crippen LogP contribution in [0.4, 0.5) is 0 Å². The van der Waals surface area contributed by atoms with E-state index in [4.69, 9.17) is 0 Å². The highest BCUT2D eigenvalue weighted by Crippen LogP contribution is 2.21. The van der Waals surface area contributed by atoms with Gasteiger partial charge in [0.15, 0.2) is 6.29 Å². The van der Waals surface area contributed by atoms with E-state index in [0.717, 1.165) is 31.4 Å². The Balaban J connectivity index is 2.59. The smallest absolute Gasteiger partial charge is 0.261 e. The molecule has 1 aliphatic carbocycles. The lowest BCUT2D eigenvalue weighted by molar-refractivity contribution is 0.112. The van der Waals surface area contributed by atoms with Gasteiger partial charge >= 0.3 is 0 Å². The molecule has 0 bridgehead atoms. The number of aryl methyl sites for hydroxylation is 1. The summed E-state index contributed by atoms with van der Waals surface area (Å²) in [6.07, 6.45) is 4.95.